The van der Waals surface area contributed by atoms with Crippen LogP contribution in [0.5, 0.6) is 0 Å². The van der Waals surface area contributed by atoms with Crippen LogP contribution >= 0.6 is 0 Å². The lowest BCUT2D eigenvalue weighted by Crippen LogP contribution is -2.36. The Labute approximate surface area is 137 Å². The Morgan fingerprint density at radius 2 is 2.04 bits per heavy atom. The Bertz CT molecular complexity index is 549. The fraction of sp³-hybridized carbons (Fsp3) is 0.556. The van der Waals surface area contributed by atoms with Gasteiger partial charge in [-0.15, -0.1) is 0 Å². The number of aryl methyl sites for hydroxylation is 1. The molecule has 0 radical (unpaired) electrons. The maximum Gasteiger partial charge on any atom is 0.321 e. The summed E-state index contributed by atoms with van der Waals surface area (Å²) >= 11 is 0. The highest BCUT2D eigenvalue weighted by molar-refractivity contribution is 6.00. The van der Waals surface area contributed by atoms with Crippen LogP contribution in [0.3, 0.4) is 0 Å². The largest absolute Gasteiger partial charge is 0.396 e. The minimum absolute atomic E-state index is 0.0727. The van der Waals surface area contributed by atoms with E-state index in [0.717, 1.165) is 36.8 Å². The van der Waals surface area contributed by atoms with Gasteiger partial charge in [0, 0.05) is 37.4 Å². The van der Waals surface area contributed by atoms with Gasteiger partial charge in [0.05, 0.1) is 0 Å². The van der Waals surface area contributed by atoms with Crippen molar-refractivity contribution in [2.24, 2.45) is 0 Å². The normalized spacial score (nSPS) is 13.6. The number of Topliss-reactive ketones (excluding diaryl/α,β-unsaturated/α-hetero) is 1. The standard InChI is InChI=1S/C18H26N2O3/c1-2-3-10-20(11-5-12-21)18(23)19-15-9-8-14-6-4-7-17(22)16(14)13-15/h8-9,13,21H,2-7,10-12H2,1H3,(H,19,23). The summed E-state index contributed by atoms with van der Waals surface area (Å²) in [5.74, 6) is 0.158. The molecule has 1 aliphatic rings. The van der Waals surface area contributed by atoms with Crippen molar-refractivity contribution in [2.75, 3.05) is 25.0 Å². The number of carbonyl (C=O) groups is 2. The number of amides is 2. The monoisotopic (exact) mass is 318 g/mol. The van der Waals surface area contributed by atoms with E-state index in [4.69, 9.17) is 5.11 Å². The number of ketones is 1. The van der Waals surface area contributed by atoms with Crippen LogP contribution in [0.25, 0.3) is 0 Å². The number of aliphatic hydroxyl groups is 1. The van der Waals surface area contributed by atoms with Crippen LogP contribution in [-0.2, 0) is 6.42 Å². The highest BCUT2D eigenvalue weighted by atomic mass is 16.3. The number of benzene rings is 1. The molecule has 1 aromatic carbocycles. The van der Waals surface area contributed by atoms with E-state index in [1.165, 1.54) is 0 Å². The lowest BCUT2D eigenvalue weighted by Gasteiger charge is -2.23. The first-order chi connectivity index (χ1) is 11.2. The SMILES string of the molecule is CCCCN(CCCO)C(=O)Nc1ccc2c(c1)C(=O)CCC2. The number of hydrogen-bond acceptors (Lipinski definition) is 3. The van der Waals surface area contributed by atoms with Gasteiger partial charge < -0.3 is 15.3 Å². The van der Waals surface area contributed by atoms with E-state index in [0.29, 0.717) is 31.6 Å². The van der Waals surface area contributed by atoms with E-state index in [2.05, 4.69) is 12.2 Å². The molecule has 2 rings (SSSR count). The van der Waals surface area contributed by atoms with Crippen molar-refractivity contribution in [2.45, 2.75) is 45.4 Å². The molecule has 0 aromatic heterocycles. The van der Waals surface area contributed by atoms with Crippen LogP contribution in [0.1, 0.15) is 54.9 Å². The highest BCUT2D eigenvalue weighted by Gasteiger charge is 2.18. The lowest BCUT2D eigenvalue weighted by molar-refractivity contribution is 0.0972. The maximum atomic E-state index is 12.4. The van der Waals surface area contributed by atoms with Crippen molar-refractivity contribution < 1.29 is 14.7 Å². The van der Waals surface area contributed by atoms with Crippen molar-refractivity contribution in [3.63, 3.8) is 0 Å². The second-order valence-corrected chi connectivity index (χ2v) is 6.00. The topological polar surface area (TPSA) is 69.6 Å². The van der Waals surface area contributed by atoms with Gasteiger partial charge in [0.15, 0.2) is 5.78 Å². The quantitative estimate of drug-likeness (QED) is 0.811. The average Bonchev–Trinajstić information content (AvgIpc) is 2.55. The van der Waals surface area contributed by atoms with Gasteiger partial charge in [-0.25, -0.2) is 4.79 Å². The number of nitrogens with zero attached hydrogens (tertiary/aromatic N) is 1. The summed E-state index contributed by atoms with van der Waals surface area (Å²) in [5, 5.41) is 11.9. The molecule has 5 heteroatoms. The zero-order valence-electron chi connectivity index (χ0n) is 13.8. The Morgan fingerprint density at radius 3 is 2.78 bits per heavy atom. The van der Waals surface area contributed by atoms with E-state index in [1.54, 1.807) is 11.0 Å². The van der Waals surface area contributed by atoms with Crippen molar-refractivity contribution in [3.05, 3.63) is 29.3 Å². The molecule has 23 heavy (non-hydrogen) atoms. The smallest absolute Gasteiger partial charge is 0.321 e. The number of rotatable bonds is 7. The van der Waals surface area contributed by atoms with Crippen molar-refractivity contribution >= 4 is 17.5 Å². The molecule has 0 bridgehead atoms. The number of aliphatic hydroxyl groups excluding tert-OH is 1. The zero-order valence-corrected chi connectivity index (χ0v) is 13.8. The van der Waals surface area contributed by atoms with Gasteiger partial charge in [-0.05, 0) is 43.4 Å². The van der Waals surface area contributed by atoms with Crippen molar-refractivity contribution in [1.29, 1.82) is 0 Å². The van der Waals surface area contributed by atoms with Gasteiger partial charge in [-0.2, -0.15) is 0 Å². The molecule has 5 nitrogen and oxygen atoms in total. The summed E-state index contributed by atoms with van der Waals surface area (Å²) in [6.07, 6.45) is 4.93. The van der Waals surface area contributed by atoms with Gasteiger partial charge in [0.25, 0.3) is 0 Å². The predicted molar refractivity (Wildman–Crippen MR) is 90.9 cm³/mol. The Hall–Kier alpha value is -1.88. The number of anilines is 1. The lowest BCUT2D eigenvalue weighted by atomic mass is 9.90. The zero-order chi connectivity index (χ0) is 16.7. The molecule has 0 atom stereocenters. The Morgan fingerprint density at radius 1 is 1.26 bits per heavy atom. The summed E-state index contributed by atoms with van der Waals surface area (Å²) in [6.45, 7) is 3.36. The van der Waals surface area contributed by atoms with Gasteiger partial charge >= 0.3 is 6.03 Å². The van der Waals surface area contributed by atoms with Crippen molar-refractivity contribution in [3.8, 4) is 0 Å². The van der Waals surface area contributed by atoms with Crippen LogP contribution in [0.2, 0.25) is 0 Å². The summed E-state index contributed by atoms with van der Waals surface area (Å²) < 4.78 is 0. The third kappa shape index (κ3) is 4.79. The minimum atomic E-state index is -0.171. The summed E-state index contributed by atoms with van der Waals surface area (Å²) in [4.78, 5) is 26.1. The number of urea groups is 1. The van der Waals surface area contributed by atoms with Crippen LogP contribution < -0.4 is 5.32 Å². The summed E-state index contributed by atoms with van der Waals surface area (Å²) in [5.41, 5.74) is 2.47. The molecule has 1 aliphatic carbocycles. The van der Waals surface area contributed by atoms with Gasteiger partial charge in [0.2, 0.25) is 0 Å². The fourth-order valence-corrected chi connectivity index (χ4v) is 2.83. The van der Waals surface area contributed by atoms with Gasteiger partial charge in [0.1, 0.15) is 0 Å². The number of carbonyl (C=O) groups excluding carboxylic acids is 2. The number of nitrogens with one attached hydrogen (secondary N) is 1. The number of fused-ring (bicyclic) bond motifs is 1. The van der Waals surface area contributed by atoms with E-state index in [-0.39, 0.29) is 18.4 Å². The molecule has 2 N–H and O–H groups in total. The molecule has 2 amide bonds. The molecule has 0 saturated heterocycles. The second-order valence-electron chi connectivity index (χ2n) is 6.00. The van der Waals surface area contributed by atoms with E-state index < -0.39 is 0 Å². The number of hydrogen-bond donors (Lipinski definition) is 2. The molecule has 126 valence electrons. The molecule has 0 fully saturated rings. The van der Waals surface area contributed by atoms with E-state index in [9.17, 15) is 9.59 Å². The molecular formula is C18H26N2O3. The van der Waals surface area contributed by atoms with Crippen LogP contribution in [0.15, 0.2) is 18.2 Å². The van der Waals surface area contributed by atoms with Gasteiger partial charge in [-0.3, -0.25) is 4.79 Å². The average molecular weight is 318 g/mol. The molecule has 1 aromatic rings. The highest BCUT2D eigenvalue weighted by Crippen LogP contribution is 2.24. The maximum absolute atomic E-state index is 12.4. The summed E-state index contributed by atoms with van der Waals surface area (Å²) in [6, 6.07) is 5.42. The van der Waals surface area contributed by atoms with Crippen LogP contribution in [0, 0.1) is 0 Å². The third-order valence-corrected chi connectivity index (χ3v) is 4.17. The van der Waals surface area contributed by atoms with Crippen LogP contribution in [0.4, 0.5) is 10.5 Å². The molecule has 0 aliphatic heterocycles. The number of unbranched alkanes of at least 4 members (excludes halogenated alkanes) is 1. The Kier molecular flexibility index (Phi) is 6.59. The third-order valence-electron chi connectivity index (χ3n) is 4.17. The molecule has 0 unspecified atom stereocenters. The first-order valence-electron chi connectivity index (χ1n) is 8.48. The second kappa shape index (κ2) is 8.67. The molecular weight excluding hydrogens is 292 g/mol. The molecule has 0 saturated carbocycles. The molecule has 0 spiro atoms. The molecule has 0 heterocycles. The predicted octanol–water partition coefficient (Wildman–Crippen LogP) is 3.22. The first-order valence-corrected chi connectivity index (χ1v) is 8.48. The fourth-order valence-electron chi connectivity index (χ4n) is 2.83. The van der Waals surface area contributed by atoms with E-state index in [1.807, 2.05) is 12.1 Å². The van der Waals surface area contributed by atoms with E-state index >= 15 is 0 Å². The Balaban J connectivity index is 2.05. The van der Waals surface area contributed by atoms with Crippen molar-refractivity contribution in [1.82, 2.24) is 4.90 Å². The first kappa shape index (κ1) is 17.5. The van der Waals surface area contributed by atoms with Gasteiger partial charge in [-0.1, -0.05) is 19.4 Å². The summed E-state index contributed by atoms with van der Waals surface area (Å²) in [7, 11) is 0. The minimum Gasteiger partial charge on any atom is -0.396 e. The van der Waals surface area contributed by atoms with Crippen LogP contribution in [-0.4, -0.2) is 41.5 Å².